The second kappa shape index (κ2) is 9.85. The van der Waals surface area contributed by atoms with Gasteiger partial charge in [0.05, 0.1) is 25.7 Å². The highest BCUT2D eigenvalue weighted by molar-refractivity contribution is 5.94. The first-order valence-electron chi connectivity index (χ1n) is 12.3. The highest BCUT2D eigenvalue weighted by Gasteiger charge is 2.52. The fourth-order valence-electron chi connectivity index (χ4n) is 6.22. The van der Waals surface area contributed by atoms with Crippen molar-refractivity contribution in [2.45, 2.75) is 65.1 Å². The van der Waals surface area contributed by atoms with E-state index in [9.17, 15) is 19.5 Å². The second-order valence-electron chi connectivity index (χ2n) is 10.8. The number of carboxylic acid groups (broad SMARTS) is 1. The molecule has 2 aromatic heterocycles. The number of hydrogen-bond acceptors (Lipinski definition) is 8. The molecular formula is C28H34O9. The molecule has 0 amide bonds. The predicted molar refractivity (Wildman–Crippen MR) is 131 cm³/mol. The summed E-state index contributed by atoms with van der Waals surface area (Å²) in [5.41, 5.74) is 0.683. The molecule has 0 radical (unpaired) electrons. The standard InChI is InChI=1S/C28H34O9/c1-15-18(12-22(31)33-5)27(2,3)26(34-6)17-11-20(36-24(15)17)19-13-23(32)37-25(16-8-10-35-14-16)28(19,4)9-7-21(29)30/h8,10-11,13-15,18,25-26H,7,9,12H2,1-6H3,(H,29,30)/t15-,18-,25+,26+,28-/m1/s1. The lowest BCUT2D eigenvalue weighted by atomic mass is 9.61. The molecule has 200 valence electrons. The summed E-state index contributed by atoms with van der Waals surface area (Å²) < 4.78 is 28.3. The molecule has 2 aliphatic rings. The number of cyclic esters (lactones) is 1. The number of methoxy groups -OCH3 is 2. The smallest absolute Gasteiger partial charge is 0.331 e. The number of aliphatic carboxylic acids is 1. The van der Waals surface area contributed by atoms with Crippen LogP contribution in [-0.4, -0.2) is 37.2 Å². The van der Waals surface area contributed by atoms with Gasteiger partial charge in [-0.15, -0.1) is 0 Å². The molecule has 0 bridgehead atoms. The van der Waals surface area contributed by atoms with Crippen LogP contribution < -0.4 is 0 Å². The fourth-order valence-corrected chi connectivity index (χ4v) is 6.22. The number of rotatable bonds is 8. The Morgan fingerprint density at radius 3 is 2.51 bits per heavy atom. The molecule has 9 nitrogen and oxygen atoms in total. The molecule has 3 heterocycles. The Morgan fingerprint density at radius 2 is 1.92 bits per heavy atom. The number of carbonyl (C=O) groups excluding carboxylic acids is 2. The molecule has 9 heteroatoms. The van der Waals surface area contributed by atoms with E-state index in [-0.39, 0.29) is 43.2 Å². The van der Waals surface area contributed by atoms with Crippen LogP contribution in [0.1, 0.15) is 87.7 Å². The van der Waals surface area contributed by atoms with Crippen LogP contribution in [0.3, 0.4) is 0 Å². The lowest BCUT2D eigenvalue weighted by molar-refractivity contribution is -0.151. The number of hydrogen-bond donors (Lipinski definition) is 1. The van der Waals surface area contributed by atoms with Gasteiger partial charge in [0.2, 0.25) is 0 Å². The Labute approximate surface area is 215 Å². The van der Waals surface area contributed by atoms with Crippen LogP contribution in [0, 0.1) is 16.7 Å². The summed E-state index contributed by atoms with van der Waals surface area (Å²) >= 11 is 0. The summed E-state index contributed by atoms with van der Waals surface area (Å²) in [6.45, 7) is 8.00. The molecule has 1 aliphatic carbocycles. The van der Waals surface area contributed by atoms with Crippen molar-refractivity contribution in [2.24, 2.45) is 16.7 Å². The highest BCUT2D eigenvalue weighted by atomic mass is 16.5. The van der Waals surface area contributed by atoms with E-state index in [0.717, 1.165) is 5.56 Å². The zero-order chi connectivity index (χ0) is 27.1. The van der Waals surface area contributed by atoms with Gasteiger partial charge in [0, 0.05) is 54.1 Å². The van der Waals surface area contributed by atoms with Crippen LogP contribution in [0.15, 0.2) is 39.6 Å². The lowest BCUT2D eigenvalue weighted by Gasteiger charge is -2.46. The van der Waals surface area contributed by atoms with Gasteiger partial charge in [-0.3, -0.25) is 9.59 Å². The molecule has 0 aromatic carbocycles. The lowest BCUT2D eigenvalue weighted by Crippen LogP contribution is -2.40. The van der Waals surface area contributed by atoms with Gasteiger partial charge in [0.1, 0.15) is 17.6 Å². The van der Waals surface area contributed by atoms with E-state index in [2.05, 4.69) is 13.8 Å². The molecule has 1 aliphatic heterocycles. The monoisotopic (exact) mass is 514 g/mol. The van der Waals surface area contributed by atoms with E-state index in [1.165, 1.54) is 25.7 Å². The minimum Gasteiger partial charge on any atom is -0.481 e. The van der Waals surface area contributed by atoms with Crippen molar-refractivity contribution in [3.05, 3.63) is 53.4 Å². The quantitative estimate of drug-likeness (QED) is 0.459. The maximum absolute atomic E-state index is 12.8. The maximum atomic E-state index is 12.8. The van der Waals surface area contributed by atoms with Crippen LogP contribution in [0.4, 0.5) is 0 Å². The van der Waals surface area contributed by atoms with Crippen LogP contribution in [0.2, 0.25) is 0 Å². The van der Waals surface area contributed by atoms with Crippen molar-refractivity contribution < 1.29 is 42.5 Å². The largest absolute Gasteiger partial charge is 0.481 e. The van der Waals surface area contributed by atoms with Gasteiger partial charge in [0.15, 0.2) is 0 Å². The van der Waals surface area contributed by atoms with E-state index in [4.69, 9.17) is 23.0 Å². The van der Waals surface area contributed by atoms with E-state index < -0.39 is 28.9 Å². The van der Waals surface area contributed by atoms with Gasteiger partial charge in [-0.2, -0.15) is 0 Å². The Balaban J connectivity index is 1.84. The van der Waals surface area contributed by atoms with Gasteiger partial charge in [-0.05, 0) is 29.9 Å². The normalized spacial score (nSPS) is 28.7. The fraction of sp³-hybridized carbons (Fsp3) is 0.536. The maximum Gasteiger partial charge on any atom is 0.331 e. The molecule has 0 saturated carbocycles. The Morgan fingerprint density at radius 1 is 1.19 bits per heavy atom. The molecule has 5 atom stereocenters. The van der Waals surface area contributed by atoms with Gasteiger partial charge < -0.3 is 28.2 Å². The summed E-state index contributed by atoms with van der Waals surface area (Å²) in [5.74, 6) is -0.959. The summed E-state index contributed by atoms with van der Waals surface area (Å²) in [4.78, 5) is 36.6. The minimum absolute atomic E-state index is 0.126. The molecule has 0 fully saturated rings. The first-order valence-corrected chi connectivity index (χ1v) is 12.3. The van der Waals surface area contributed by atoms with Crippen molar-refractivity contribution in [2.75, 3.05) is 14.2 Å². The molecule has 0 saturated heterocycles. The van der Waals surface area contributed by atoms with Crippen LogP contribution >= 0.6 is 0 Å². The summed E-state index contributed by atoms with van der Waals surface area (Å²) in [6.07, 6.45) is 3.49. The number of carbonyl (C=O) groups is 3. The van der Waals surface area contributed by atoms with E-state index >= 15 is 0 Å². The van der Waals surface area contributed by atoms with Gasteiger partial charge in [-0.1, -0.05) is 27.7 Å². The van der Waals surface area contributed by atoms with E-state index in [0.29, 0.717) is 22.7 Å². The molecule has 0 unspecified atom stereocenters. The van der Waals surface area contributed by atoms with Crippen molar-refractivity contribution >= 4 is 23.5 Å². The van der Waals surface area contributed by atoms with Crippen molar-refractivity contribution in [1.29, 1.82) is 0 Å². The zero-order valence-corrected chi connectivity index (χ0v) is 22.0. The van der Waals surface area contributed by atoms with Crippen molar-refractivity contribution in [3.8, 4) is 0 Å². The molecule has 37 heavy (non-hydrogen) atoms. The second-order valence-corrected chi connectivity index (χ2v) is 10.8. The zero-order valence-electron chi connectivity index (χ0n) is 22.0. The average Bonchev–Trinajstić information content (AvgIpc) is 3.52. The summed E-state index contributed by atoms with van der Waals surface area (Å²) in [7, 11) is 2.99. The van der Waals surface area contributed by atoms with Gasteiger partial charge in [0.25, 0.3) is 0 Å². The number of furan rings is 2. The average molecular weight is 515 g/mol. The molecule has 0 spiro atoms. The number of ether oxygens (including phenoxy) is 3. The number of esters is 2. The molecule has 4 rings (SSSR count). The van der Waals surface area contributed by atoms with Gasteiger partial charge >= 0.3 is 17.9 Å². The van der Waals surface area contributed by atoms with Crippen molar-refractivity contribution in [1.82, 2.24) is 0 Å². The first kappa shape index (κ1) is 26.7. The molecule has 2 aromatic rings. The van der Waals surface area contributed by atoms with Crippen molar-refractivity contribution in [3.63, 3.8) is 0 Å². The predicted octanol–water partition coefficient (Wildman–Crippen LogP) is 5.44. The topological polar surface area (TPSA) is 125 Å². The molecule has 1 N–H and O–H groups in total. The number of carboxylic acids is 1. The Kier molecular flexibility index (Phi) is 7.12. The van der Waals surface area contributed by atoms with Crippen LogP contribution in [-0.2, 0) is 28.6 Å². The Hall–Kier alpha value is -3.33. The van der Waals surface area contributed by atoms with Crippen LogP contribution in [0.5, 0.6) is 0 Å². The van der Waals surface area contributed by atoms with Crippen LogP contribution in [0.25, 0.3) is 5.57 Å². The number of fused-ring (bicyclic) bond motifs is 1. The molecular weight excluding hydrogens is 480 g/mol. The summed E-state index contributed by atoms with van der Waals surface area (Å²) in [6, 6.07) is 3.59. The third-order valence-electron chi connectivity index (χ3n) is 8.23. The Bertz CT molecular complexity index is 1200. The summed E-state index contributed by atoms with van der Waals surface area (Å²) in [5, 5.41) is 9.47. The van der Waals surface area contributed by atoms with Gasteiger partial charge in [-0.25, -0.2) is 4.79 Å². The van der Waals surface area contributed by atoms with E-state index in [1.54, 1.807) is 13.2 Å². The first-order chi connectivity index (χ1) is 17.4. The third kappa shape index (κ3) is 4.61. The minimum atomic E-state index is -0.956. The SMILES string of the molecule is COC(=O)C[C@@H]1[C@@H](C)c2oc(C3=CC(=O)O[C@@H](c4ccoc4)[C@]3(C)CCC(=O)O)cc2[C@H](OC)C1(C)C. The third-order valence-corrected chi connectivity index (χ3v) is 8.23. The van der Waals surface area contributed by atoms with E-state index in [1.807, 2.05) is 19.9 Å². The highest BCUT2D eigenvalue weighted by Crippen LogP contribution is 2.58.